The molecule has 0 spiro atoms. The highest BCUT2D eigenvalue weighted by Crippen LogP contribution is 2.39. The number of fused-ring (bicyclic) bond motifs is 1. The second-order valence-electron chi connectivity index (χ2n) is 5.22. The van der Waals surface area contributed by atoms with E-state index in [2.05, 4.69) is 5.32 Å². The molecule has 1 N–H and O–H groups in total. The number of rotatable bonds is 6. The third-order valence-electron chi connectivity index (χ3n) is 3.36. The lowest BCUT2D eigenvalue weighted by Gasteiger charge is -2.22. The number of epoxide rings is 1. The monoisotopic (exact) mass is 291 g/mol. The SMILES string of the molecule is CC(=O)COc1ccc(OCC2CO2)c2c1NC(=O)CC2. The molecule has 1 aromatic carbocycles. The molecule has 1 fully saturated rings. The van der Waals surface area contributed by atoms with Crippen molar-refractivity contribution in [1.29, 1.82) is 0 Å². The fraction of sp³-hybridized carbons (Fsp3) is 0.467. The summed E-state index contributed by atoms with van der Waals surface area (Å²) >= 11 is 0. The van der Waals surface area contributed by atoms with Gasteiger partial charge in [-0.1, -0.05) is 0 Å². The van der Waals surface area contributed by atoms with Crippen LogP contribution in [0.5, 0.6) is 11.5 Å². The normalized spacial score (nSPS) is 19.5. The van der Waals surface area contributed by atoms with Crippen molar-refractivity contribution in [3.05, 3.63) is 17.7 Å². The van der Waals surface area contributed by atoms with Crippen LogP contribution in [0.25, 0.3) is 0 Å². The third-order valence-corrected chi connectivity index (χ3v) is 3.36. The molecule has 1 unspecified atom stereocenters. The van der Waals surface area contributed by atoms with Crippen LogP contribution in [-0.4, -0.2) is 37.6 Å². The van der Waals surface area contributed by atoms with Crippen LogP contribution >= 0.6 is 0 Å². The molecule has 1 amide bonds. The van der Waals surface area contributed by atoms with Crippen LogP contribution < -0.4 is 14.8 Å². The number of nitrogens with one attached hydrogen (secondary N) is 1. The van der Waals surface area contributed by atoms with Gasteiger partial charge in [0.1, 0.15) is 30.8 Å². The highest BCUT2D eigenvalue weighted by atomic mass is 16.6. The number of carbonyl (C=O) groups excluding carboxylic acids is 2. The van der Waals surface area contributed by atoms with Crippen molar-refractivity contribution >= 4 is 17.4 Å². The van der Waals surface area contributed by atoms with Gasteiger partial charge in [-0.25, -0.2) is 0 Å². The van der Waals surface area contributed by atoms with Gasteiger partial charge < -0.3 is 19.5 Å². The van der Waals surface area contributed by atoms with Crippen molar-refractivity contribution in [3.8, 4) is 11.5 Å². The molecule has 6 nitrogen and oxygen atoms in total. The van der Waals surface area contributed by atoms with Crippen LogP contribution in [-0.2, 0) is 20.7 Å². The summed E-state index contributed by atoms with van der Waals surface area (Å²) in [5.41, 5.74) is 1.53. The van der Waals surface area contributed by atoms with Gasteiger partial charge in [0, 0.05) is 12.0 Å². The average molecular weight is 291 g/mol. The first-order valence-corrected chi connectivity index (χ1v) is 6.96. The van der Waals surface area contributed by atoms with E-state index >= 15 is 0 Å². The fourth-order valence-electron chi connectivity index (χ4n) is 2.21. The molecule has 1 saturated heterocycles. The zero-order chi connectivity index (χ0) is 14.8. The first-order valence-electron chi connectivity index (χ1n) is 6.96. The Balaban J connectivity index is 1.84. The summed E-state index contributed by atoms with van der Waals surface area (Å²) in [6.45, 7) is 2.68. The number of amides is 1. The Labute approximate surface area is 122 Å². The maximum atomic E-state index is 11.6. The van der Waals surface area contributed by atoms with E-state index in [-0.39, 0.29) is 24.4 Å². The molecule has 0 bridgehead atoms. The number of hydrogen-bond acceptors (Lipinski definition) is 5. The zero-order valence-electron chi connectivity index (χ0n) is 11.8. The minimum atomic E-state index is -0.0721. The van der Waals surface area contributed by atoms with E-state index in [0.29, 0.717) is 30.9 Å². The van der Waals surface area contributed by atoms with Crippen molar-refractivity contribution in [2.45, 2.75) is 25.9 Å². The van der Waals surface area contributed by atoms with Gasteiger partial charge in [0.05, 0.1) is 12.3 Å². The molecule has 1 atom stereocenters. The van der Waals surface area contributed by atoms with E-state index in [1.165, 1.54) is 6.92 Å². The maximum Gasteiger partial charge on any atom is 0.224 e. The van der Waals surface area contributed by atoms with Crippen LogP contribution in [0.15, 0.2) is 12.1 Å². The second kappa shape index (κ2) is 5.73. The Kier molecular flexibility index (Phi) is 3.79. The van der Waals surface area contributed by atoms with Gasteiger partial charge in [-0.2, -0.15) is 0 Å². The lowest BCUT2D eigenvalue weighted by molar-refractivity contribution is -0.119. The Bertz CT molecular complexity index is 580. The van der Waals surface area contributed by atoms with Gasteiger partial charge in [0.25, 0.3) is 0 Å². The molecular weight excluding hydrogens is 274 g/mol. The van der Waals surface area contributed by atoms with Gasteiger partial charge in [-0.15, -0.1) is 0 Å². The van der Waals surface area contributed by atoms with Crippen LogP contribution in [0.4, 0.5) is 5.69 Å². The molecule has 0 aromatic heterocycles. The number of carbonyl (C=O) groups is 2. The van der Waals surface area contributed by atoms with Gasteiger partial charge in [-0.05, 0) is 25.5 Å². The number of benzene rings is 1. The molecule has 1 aromatic rings. The molecule has 3 rings (SSSR count). The lowest BCUT2D eigenvalue weighted by Crippen LogP contribution is -2.21. The number of Topliss-reactive ketones (excluding diaryl/α,β-unsaturated/α-hetero) is 1. The summed E-state index contributed by atoms with van der Waals surface area (Å²) in [5, 5.41) is 2.81. The van der Waals surface area contributed by atoms with Crippen LogP contribution in [0, 0.1) is 0 Å². The van der Waals surface area contributed by atoms with E-state index in [4.69, 9.17) is 14.2 Å². The summed E-state index contributed by atoms with van der Waals surface area (Å²) in [7, 11) is 0. The standard InChI is InChI=1S/C15H17NO5/c1-9(17)6-20-13-4-3-12(21-8-10-7-19-10)11-2-5-14(18)16-15(11)13/h3-4,10H,2,5-8H2,1H3,(H,16,18). The Morgan fingerprint density at radius 2 is 2.10 bits per heavy atom. The molecule has 0 saturated carbocycles. The number of hydrogen-bond donors (Lipinski definition) is 1. The van der Waals surface area contributed by atoms with E-state index in [1.54, 1.807) is 6.07 Å². The molecular formula is C15H17NO5. The largest absolute Gasteiger partial charge is 0.490 e. The van der Waals surface area contributed by atoms with E-state index in [1.807, 2.05) is 6.07 Å². The van der Waals surface area contributed by atoms with Crippen LogP contribution in [0.1, 0.15) is 18.9 Å². The van der Waals surface area contributed by atoms with Crippen molar-refractivity contribution in [3.63, 3.8) is 0 Å². The van der Waals surface area contributed by atoms with Crippen LogP contribution in [0.2, 0.25) is 0 Å². The number of anilines is 1. The number of ether oxygens (including phenoxy) is 3. The summed E-state index contributed by atoms with van der Waals surface area (Å²) in [6.07, 6.45) is 1.19. The summed E-state index contributed by atoms with van der Waals surface area (Å²) < 4.78 is 16.3. The molecule has 0 aliphatic carbocycles. The third kappa shape index (κ3) is 3.33. The van der Waals surface area contributed by atoms with Crippen LogP contribution in [0.3, 0.4) is 0 Å². The topological polar surface area (TPSA) is 77.2 Å². The van der Waals surface area contributed by atoms with Gasteiger partial charge in [0.15, 0.2) is 5.78 Å². The molecule has 112 valence electrons. The van der Waals surface area contributed by atoms with Crippen molar-refractivity contribution in [2.24, 2.45) is 0 Å². The van der Waals surface area contributed by atoms with E-state index in [0.717, 1.165) is 17.9 Å². The first kappa shape index (κ1) is 13.9. The summed E-state index contributed by atoms with van der Waals surface area (Å²) in [6, 6.07) is 3.53. The predicted molar refractivity (Wildman–Crippen MR) is 74.8 cm³/mol. The Morgan fingerprint density at radius 3 is 2.81 bits per heavy atom. The zero-order valence-corrected chi connectivity index (χ0v) is 11.8. The molecule has 21 heavy (non-hydrogen) atoms. The second-order valence-corrected chi connectivity index (χ2v) is 5.22. The minimum absolute atomic E-state index is 0.0154. The van der Waals surface area contributed by atoms with E-state index < -0.39 is 0 Å². The fourth-order valence-corrected chi connectivity index (χ4v) is 2.21. The van der Waals surface area contributed by atoms with Gasteiger partial charge in [-0.3, -0.25) is 9.59 Å². The Hall–Kier alpha value is -2.08. The highest BCUT2D eigenvalue weighted by molar-refractivity contribution is 5.96. The number of ketones is 1. The van der Waals surface area contributed by atoms with Gasteiger partial charge in [0.2, 0.25) is 5.91 Å². The molecule has 0 radical (unpaired) electrons. The van der Waals surface area contributed by atoms with E-state index in [9.17, 15) is 9.59 Å². The van der Waals surface area contributed by atoms with Crippen molar-refractivity contribution in [2.75, 3.05) is 25.1 Å². The van der Waals surface area contributed by atoms with Crippen molar-refractivity contribution in [1.82, 2.24) is 0 Å². The first-order chi connectivity index (χ1) is 10.1. The Morgan fingerprint density at radius 1 is 1.33 bits per heavy atom. The molecule has 2 heterocycles. The maximum absolute atomic E-state index is 11.6. The summed E-state index contributed by atoms with van der Waals surface area (Å²) in [4.78, 5) is 22.7. The average Bonchev–Trinajstić information content (AvgIpc) is 3.27. The van der Waals surface area contributed by atoms with Crippen molar-refractivity contribution < 1.29 is 23.8 Å². The molecule has 6 heteroatoms. The van der Waals surface area contributed by atoms with Gasteiger partial charge >= 0.3 is 0 Å². The quantitative estimate of drug-likeness (QED) is 0.800. The minimum Gasteiger partial charge on any atom is -0.490 e. The molecule has 2 aliphatic heterocycles. The molecule has 2 aliphatic rings. The summed E-state index contributed by atoms with van der Waals surface area (Å²) in [5.74, 6) is 1.11. The lowest BCUT2D eigenvalue weighted by atomic mass is 10.0. The predicted octanol–water partition coefficient (Wildman–Crippen LogP) is 1.32. The highest BCUT2D eigenvalue weighted by Gasteiger charge is 2.26. The smallest absolute Gasteiger partial charge is 0.224 e.